The number of ether oxygens (including phenoxy) is 1. The Morgan fingerprint density at radius 3 is 2.51 bits per heavy atom. The first kappa shape index (κ1) is 30.7. The van der Waals surface area contributed by atoms with Crippen molar-refractivity contribution in [1.82, 2.24) is 9.21 Å². The standard InChI is InChI=1S/C32H39FN2O5S/c1-6-26-20-35(41(38,39)31-10-8-7-9-30(31)40-26)19-25-16-23(12-11-21(25)2)28(18-32(36)37)27-17-24(13-14-34(4)5)29(33)15-22(27)3/h7-12,15-17,26,28H,6,13-14,18-20H2,1-5H3,(H,36,37)/t26-,28?/m1/s1. The minimum absolute atomic E-state index is 0.118. The molecule has 9 heteroatoms. The minimum Gasteiger partial charge on any atom is -0.488 e. The SMILES string of the molecule is CC[C@@H]1CN(Cc2cc(C(CC(=O)O)c3cc(CCN(C)C)c(F)cc3C)ccc2C)S(=O)(=O)c2ccccc2O1. The molecule has 1 N–H and O–H groups in total. The van der Waals surface area contributed by atoms with Crippen molar-refractivity contribution in [2.24, 2.45) is 0 Å². The van der Waals surface area contributed by atoms with Crippen LogP contribution in [0, 0.1) is 19.7 Å². The summed E-state index contributed by atoms with van der Waals surface area (Å²) in [4.78, 5) is 14.1. The molecule has 220 valence electrons. The van der Waals surface area contributed by atoms with Crippen LogP contribution < -0.4 is 4.74 Å². The number of sulfonamides is 1. The van der Waals surface area contributed by atoms with E-state index in [2.05, 4.69) is 0 Å². The van der Waals surface area contributed by atoms with Gasteiger partial charge in [0.1, 0.15) is 22.6 Å². The Kier molecular flexibility index (Phi) is 9.51. The van der Waals surface area contributed by atoms with Crippen LogP contribution >= 0.6 is 0 Å². The number of fused-ring (bicyclic) bond motifs is 1. The zero-order chi connectivity index (χ0) is 29.9. The molecule has 1 unspecified atom stereocenters. The van der Waals surface area contributed by atoms with Crippen molar-refractivity contribution < 1.29 is 27.4 Å². The Hall–Kier alpha value is -3.27. The molecule has 1 heterocycles. The summed E-state index contributed by atoms with van der Waals surface area (Å²) < 4.78 is 49.8. The number of carbonyl (C=O) groups is 1. The number of hydrogen-bond acceptors (Lipinski definition) is 5. The molecular weight excluding hydrogens is 543 g/mol. The smallest absolute Gasteiger partial charge is 0.304 e. The molecule has 3 aromatic rings. The van der Waals surface area contributed by atoms with Gasteiger partial charge in [0.05, 0.1) is 13.0 Å². The van der Waals surface area contributed by atoms with Crippen molar-refractivity contribution >= 4 is 16.0 Å². The van der Waals surface area contributed by atoms with E-state index >= 15 is 0 Å². The van der Waals surface area contributed by atoms with Crippen molar-refractivity contribution in [2.45, 2.75) is 63.5 Å². The summed E-state index contributed by atoms with van der Waals surface area (Å²) in [6.45, 7) is 6.65. The number of hydrogen-bond donors (Lipinski definition) is 1. The average Bonchev–Trinajstić information content (AvgIpc) is 3.01. The maximum atomic E-state index is 14.9. The van der Waals surface area contributed by atoms with Gasteiger partial charge in [-0.2, -0.15) is 4.31 Å². The van der Waals surface area contributed by atoms with Crippen LogP contribution in [0.25, 0.3) is 0 Å². The largest absolute Gasteiger partial charge is 0.488 e. The highest BCUT2D eigenvalue weighted by molar-refractivity contribution is 7.89. The van der Waals surface area contributed by atoms with Gasteiger partial charge in [0.15, 0.2) is 0 Å². The summed E-state index contributed by atoms with van der Waals surface area (Å²) in [6.07, 6.45) is 0.655. The molecule has 2 atom stereocenters. The highest BCUT2D eigenvalue weighted by Gasteiger charge is 2.34. The van der Waals surface area contributed by atoms with Gasteiger partial charge in [0.2, 0.25) is 10.0 Å². The van der Waals surface area contributed by atoms with Crippen molar-refractivity contribution in [1.29, 1.82) is 0 Å². The number of nitrogens with zero attached hydrogens (tertiary/aromatic N) is 2. The van der Waals surface area contributed by atoms with Crippen molar-refractivity contribution in [3.05, 3.63) is 93.8 Å². The van der Waals surface area contributed by atoms with E-state index in [0.717, 1.165) is 22.3 Å². The predicted octanol–water partition coefficient (Wildman–Crippen LogP) is 5.52. The predicted molar refractivity (Wildman–Crippen MR) is 157 cm³/mol. The minimum atomic E-state index is -3.84. The van der Waals surface area contributed by atoms with Crippen LogP contribution in [0.4, 0.5) is 4.39 Å². The molecular formula is C32H39FN2O5S. The Balaban J connectivity index is 1.75. The summed E-state index contributed by atoms with van der Waals surface area (Å²) in [5.74, 6) is -1.44. The van der Waals surface area contributed by atoms with Gasteiger partial charge in [-0.15, -0.1) is 0 Å². The summed E-state index contributed by atoms with van der Waals surface area (Å²) in [6, 6.07) is 15.7. The van der Waals surface area contributed by atoms with E-state index in [4.69, 9.17) is 4.74 Å². The molecule has 0 radical (unpaired) electrons. The zero-order valence-electron chi connectivity index (χ0n) is 24.4. The average molecular weight is 583 g/mol. The number of para-hydroxylation sites is 1. The molecule has 1 aliphatic rings. The Labute approximate surface area is 242 Å². The van der Waals surface area contributed by atoms with E-state index in [9.17, 15) is 22.7 Å². The van der Waals surface area contributed by atoms with E-state index < -0.39 is 21.9 Å². The molecule has 3 aromatic carbocycles. The summed E-state index contributed by atoms with van der Waals surface area (Å²) in [7, 11) is 0.00180. The molecule has 41 heavy (non-hydrogen) atoms. The monoisotopic (exact) mass is 582 g/mol. The molecule has 0 aromatic heterocycles. The van der Waals surface area contributed by atoms with E-state index in [1.54, 1.807) is 37.3 Å². The fraction of sp³-hybridized carbons (Fsp3) is 0.406. The third-order valence-corrected chi connectivity index (χ3v) is 9.61. The topological polar surface area (TPSA) is 87.2 Å². The van der Waals surface area contributed by atoms with E-state index in [1.165, 1.54) is 10.4 Å². The second kappa shape index (κ2) is 12.7. The van der Waals surface area contributed by atoms with Gasteiger partial charge in [-0.25, -0.2) is 12.8 Å². The molecule has 4 rings (SSSR count). The van der Waals surface area contributed by atoms with E-state index in [1.807, 2.05) is 51.0 Å². The third-order valence-electron chi connectivity index (χ3n) is 7.76. The molecule has 0 aliphatic carbocycles. The van der Waals surface area contributed by atoms with Crippen molar-refractivity contribution in [3.8, 4) is 5.75 Å². The lowest BCUT2D eigenvalue weighted by molar-refractivity contribution is -0.137. The molecule has 0 fully saturated rings. The van der Waals surface area contributed by atoms with E-state index in [-0.39, 0.29) is 36.3 Å². The van der Waals surface area contributed by atoms with Gasteiger partial charge in [0.25, 0.3) is 0 Å². The Bertz CT molecular complexity index is 1520. The molecule has 0 spiro atoms. The first-order valence-electron chi connectivity index (χ1n) is 13.9. The number of likely N-dealkylation sites (N-methyl/N-ethyl adjacent to an activating group) is 1. The number of benzene rings is 3. The fourth-order valence-electron chi connectivity index (χ4n) is 5.30. The quantitative estimate of drug-likeness (QED) is 0.339. The van der Waals surface area contributed by atoms with Crippen LogP contribution in [0.3, 0.4) is 0 Å². The molecule has 0 saturated heterocycles. The number of halogens is 1. The summed E-state index contributed by atoms with van der Waals surface area (Å²) in [5, 5.41) is 9.85. The molecule has 1 aliphatic heterocycles. The van der Waals surface area contributed by atoms with Gasteiger partial charge in [-0.3, -0.25) is 4.79 Å². The Morgan fingerprint density at radius 2 is 1.83 bits per heavy atom. The molecule has 0 amide bonds. The number of aryl methyl sites for hydroxylation is 2. The lowest BCUT2D eigenvalue weighted by Crippen LogP contribution is -2.36. The van der Waals surface area contributed by atoms with Gasteiger partial charge >= 0.3 is 5.97 Å². The van der Waals surface area contributed by atoms with Crippen LogP contribution in [0.1, 0.15) is 59.1 Å². The molecule has 0 saturated carbocycles. The van der Waals surface area contributed by atoms with Crippen LogP contribution in [-0.2, 0) is 27.8 Å². The van der Waals surface area contributed by atoms with Crippen LogP contribution in [0.5, 0.6) is 5.75 Å². The lowest BCUT2D eigenvalue weighted by Gasteiger charge is -2.25. The fourth-order valence-corrected chi connectivity index (χ4v) is 6.87. The second-order valence-corrected chi connectivity index (χ2v) is 13.0. The van der Waals surface area contributed by atoms with E-state index in [0.29, 0.717) is 36.3 Å². The van der Waals surface area contributed by atoms with Crippen molar-refractivity contribution in [2.75, 3.05) is 27.2 Å². The van der Waals surface area contributed by atoms with Crippen molar-refractivity contribution in [3.63, 3.8) is 0 Å². The maximum absolute atomic E-state index is 14.9. The third kappa shape index (κ3) is 6.97. The first-order valence-corrected chi connectivity index (χ1v) is 15.3. The van der Waals surface area contributed by atoms with Gasteiger partial charge in [-0.05, 0) is 92.4 Å². The number of aliphatic carboxylic acids is 1. The first-order chi connectivity index (χ1) is 19.4. The van der Waals surface area contributed by atoms with Gasteiger partial charge in [-0.1, -0.05) is 43.3 Å². The lowest BCUT2D eigenvalue weighted by atomic mass is 9.83. The summed E-state index contributed by atoms with van der Waals surface area (Å²) in [5.41, 5.74) is 4.40. The van der Waals surface area contributed by atoms with Gasteiger partial charge in [0, 0.05) is 19.0 Å². The zero-order valence-corrected chi connectivity index (χ0v) is 25.2. The highest BCUT2D eigenvalue weighted by Crippen LogP contribution is 2.36. The maximum Gasteiger partial charge on any atom is 0.304 e. The van der Waals surface area contributed by atoms with Crippen LogP contribution in [0.15, 0.2) is 59.5 Å². The summed E-state index contributed by atoms with van der Waals surface area (Å²) >= 11 is 0. The van der Waals surface area contributed by atoms with Crippen LogP contribution in [0.2, 0.25) is 0 Å². The second-order valence-electron chi connectivity index (χ2n) is 11.1. The Morgan fingerprint density at radius 1 is 1.10 bits per heavy atom. The van der Waals surface area contributed by atoms with Gasteiger partial charge < -0.3 is 14.7 Å². The van der Waals surface area contributed by atoms with Crippen LogP contribution in [-0.4, -0.2) is 62.0 Å². The molecule has 7 nitrogen and oxygen atoms in total. The number of carboxylic acid groups (broad SMARTS) is 1. The number of carboxylic acids is 1. The molecule has 0 bridgehead atoms. The normalized spacial score (nSPS) is 17.5. The highest BCUT2D eigenvalue weighted by atomic mass is 32.2. The number of rotatable bonds is 10.